The van der Waals surface area contributed by atoms with Gasteiger partial charge in [-0.2, -0.15) is 0 Å². The van der Waals surface area contributed by atoms with E-state index in [4.69, 9.17) is 4.52 Å². The highest BCUT2D eigenvalue weighted by atomic mass is 32.2. The molecule has 1 aromatic carbocycles. The zero-order valence-corrected chi connectivity index (χ0v) is 15.6. The Labute approximate surface area is 152 Å². The van der Waals surface area contributed by atoms with Crippen molar-refractivity contribution in [2.45, 2.75) is 25.0 Å². The summed E-state index contributed by atoms with van der Waals surface area (Å²) in [4.78, 5) is 14.2. The molecule has 0 aliphatic carbocycles. The van der Waals surface area contributed by atoms with Gasteiger partial charge in [-0.15, -0.1) is 0 Å². The first-order valence-electron chi connectivity index (χ1n) is 8.65. The maximum absolute atomic E-state index is 13.4. The summed E-state index contributed by atoms with van der Waals surface area (Å²) in [5.74, 6) is 0.197. The average Bonchev–Trinajstić information content (AvgIpc) is 3.30. The molecule has 2 aliphatic heterocycles. The summed E-state index contributed by atoms with van der Waals surface area (Å²) in [5, 5.41) is 3.77. The van der Waals surface area contributed by atoms with E-state index in [0.29, 0.717) is 31.0 Å². The SMILES string of the molecule is Cc1cc(C(=O)N2CC[C@@]3(C2)[C@@H](C)CN(c2ccccc2)S3(=O)=O)no1. The topological polar surface area (TPSA) is 83.7 Å². The fraction of sp³-hybridized carbons (Fsp3) is 0.444. The average molecular weight is 375 g/mol. The fourth-order valence-corrected chi connectivity index (χ4v) is 6.56. The Balaban J connectivity index is 1.64. The predicted molar refractivity (Wildman–Crippen MR) is 96.4 cm³/mol. The lowest BCUT2D eigenvalue weighted by Crippen LogP contribution is -2.45. The van der Waals surface area contributed by atoms with E-state index in [-0.39, 0.29) is 24.1 Å². The molecule has 1 spiro atoms. The molecule has 26 heavy (non-hydrogen) atoms. The first-order valence-corrected chi connectivity index (χ1v) is 10.1. The second kappa shape index (κ2) is 5.84. The van der Waals surface area contributed by atoms with E-state index in [1.54, 1.807) is 30.0 Å². The Morgan fingerprint density at radius 1 is 1.31 bits per heavy atom. The van der Waals surface area contributed by atoms with Crippen molar-refractivity contribution >= 4 is 21.6 Å². The van der Waals surface area contributed by atoms with Crippen molar-refractivity contribution in [2.24, 2.45) is 5.92 Å². The molecule has 2 fully saturated rings. The number of likely N-dealkylation sites (tertiary alicyclic amines) is 1. The van der Waals surface area contributed by atoms with E-state index in [2.05, 4.69) is 5.16 Å². The molecule has 138 valence electrons. The summed E-state index contributed by atoms with van der Waals surface area (Å²) >= 11 is 0. The van der Waals surface area contributed by atoms with Gasteiger partial charge in [0.05, 0.1) is 5.69 Å². The number of hydrogen-bond donors (Lipinski definition) is 0. The van der Waals surface area contributed by atoms with Crippen LogP contribution in [0.3, 0.4) is 0 Å². The lowest BCUT2D eigenvalue weighted by atomic mass is 9.92. The lowest BCUT2D eigenvalue weighted by molar-refractivity contribution is 0.0776. The summed E-state index contributed by atoms with van der Waals surface area (Å²) in [6, 6.07) is 10.7. The van der Waals surface area contributed by atoms with E-state index < -0.39 is 14.8 Å². The third-order valence-electron chi connectivity index (χ3n) is 5.58. The molecule has 2 atom stereocenters. The monoisotopic (exact) mass is 375 g/mol. The van der Waals surface area contributed by atoms with Crippen LogP contribution in [-0.4, -0.2) is 48.8 Å². The molecule has 3 heterocycles. The molecule has 1 amide bonds. The first kappa shape index (κ1) is 17.1. The number of aryl methyl sites for hydroxylation is 1. The Kier molecular flexibility index (Phi) is 3.83. The summed E-state index contributed by atoms with van der Waals surface area (Å²) < 4.78 is 32.3. The normalized spacial score (nSPS) is 27.4. The van der Waals surface area contributed by atoms with Crippen LogP contribution >= 0.6 is 0 Å². The molecule has 0 saturated carbocycles. The second-order valence-corrected chi connectivity index (χ2v) is 9.34. The number of sulfonamides is 1. The minimum absolute atomic E-state index is 0.0791. The van der Waals surface area contributed by atoms with Gasteiger partial charge in [0.2, 0.25) is 10.0 Å². The molecule has 2 aromatic rings. The van der Waals surface area contributed by atoms with Crippen molar-refractivity contribution in [3.05, 3.63) is 47.9 Å². The maximum atomic E-state index is 13.4. The molecule has 0 unspecified atom stereocenters. The van der Waals surface area contributed by atoms with Crippen molar-refractivity contribution in [3.8, 4) is 0 Å². The van der Waals surface area contributed by atoms with Crippen molar-refractivity contribution in [1.82, 2.24) is 10.1 Å². The summed E-state index contributed by atoms with van der Waals surface area (Å²) in [7, 11) is -3.58. The van der Waals surface area contributed by atoms with E-state index in [1.165, 1.54) is 4.31 Å². The quantitative estimate of drug-likeness (QED) is 0.802. The van der Waals surface area contributed by atoms with Crippen molar-refractivity contribution in [1.29, 1.82) is 0 Å². The van der Waals surface area contributed by atoms with Crippen LogP contribution in [0, 0.1) is 12.8 Å². The van der Waals surface area contributed by atoms with Crippen molar-refractivity contribution in [2.75, 3.05) is 23.9 Å². The molecular formula is C18H21N3O4S. The number of aromatic nitrogens is 1. The van der Waals surface area contributed by atoms with Gasteiger partial charge >= 0.3 is 0 Å². The number of anilines is 1. The number of para-hydroxylation sites is 1. The highest BCUT2D eigenvalue weighted by molar-refractivity contribution is 7.94. The highest BCUT2D eigenvalue weighted by Crippen LogP contribution is 2.46. The Hall–Kier alpha value is -2.35. The number of carbonyl (C=O) groups excluding carboxylic acids is 1. The highest BCUT2D eigenvalue weighted by Gasteiger charge is 2.61. The Morgan fingerprint density at radius 2 is 2.04 bits per heavy atom. The molecule has 0 N–H and O–H groups in total. The van der Waals surface area contributed by atoms with Crippen LogP contribution in [0.2, 0.25) is 0 Å². The van der Waals surface area contributed by atoms with E-state index in [0.717, 1.165) is 0 Å². The third kappa shape index (κ3) is 2.35. The van der Waals surface area contributed by atoms with Gasteiger partial charge in [0, 0.05) is 25.7 Å². The van der Waals surface area contributed by atoms with Gasteiger partial charge in [-0.3, -0.25) is 9.10 Å². The number of nitrogens with zero attached hydrogens (tertiary/aromatic N) is 3. The van der Waals surface area contributed by atoms with E-state index in [9.17, 15) is 13.2 Å². The summed E-state index contributed by atoms with van der Waals surface area (Å²) in [5.41, 5.74) is 0.899. The van der Waals surface area contributed by atoms with E-state index in [1.807, 2.05) is 25.1 Å². The zero-order valence-electron chi connectivity index (χ0n) is 14.8. The van der Waals surface area contributed by atoms with Crippen LogP contribution < -0.4 is 4.31 Å². The summed E-state index contributed by atoms with van der Waals surface area (Å²) in [6.07, 6.45) is 0.433. The molecule has 2 aliphatic rings. The van der Waals surface area contributed by atoms with Gasteiger partial charge in [0.15, 0.2) is 5.69 Å². The fourth-order valence-electron chi connectivity index (χ4n) is 4.05. The zero-order chi connectivity index (χ0) is 18.5. The van der Waals surface area contributed by atoms with Crippen LogP contribution in [0.1, 0.15) is 29.6 Å². The van der Waals surface area contributed by atoms with Crippen molar-refractivity contribution < 1.29 is 17.7 Å². The van der Waals surface area contributed by atoms with Gasteiger partial charge in [-0.05, 0) is 31.4 Å². The predicted octanol–water partition coefficient (Wildman–Crippen LogP) is 2.05. The summed E-state index contributed by atoms with van der Waals surface area (Å²) in [6.45, 7) is 4.68. The van der Waals surface area contributed by atoms with Crippen LogP contribution in [-0.2, 0) is 10.0 Å². The number of hydrogen-bond acceptors (Lipinski definition) is 5. The van der Waals surface area contributed by atoms with Crippen LogP contribution in [0.4, 0.5) is 5.69 Å². The second-order valence-electron chi connectivity index (χ2n) is 7.14. The van der Waals surface area contributed by atoms with Gasteiger partial charge in [0.25, 0.3) is 5.91 Å². The van der Waals surface area contributed by atoms with Gasteiger partial charge in [0.1, 0.15) is 10.5 Å². The van der Waals surface area contributed by atoms with Gasteiger partial charge < -0.3 is 9.42 Å². The first-order chi connectivity index (χ1) is 12.3. The van der Waals surface area contributed by atoms with Crippen molar-refractivity contribution in [3.63, 3.8) is 0 Å². The van der Waals surface area contributed by atoms with Crippen LogP contribution in [0.25, 0.3) is 0 Å². The molecular weight excluding hydrogens is 354 g/mol. The smallest absolute Gasteiger partial charge is 0.276 e. The minimum Gasteiger partial charge on any atom is -0.361 e. The van der Waals surface area contributed by atoms with Gasteiger partial charge in [-0.1, -0.05) is 30.3 Å². The standard InChI is InChI=1S/C18H21N3O4S/c1-13-11-21(15-6-4-3-5-7-15)26(23,24)18(13)8-9-20(12-18)17(22)16-10-14(2)25-19-16/h3-7,10,13H,8-9,11-12H2,1-2H3/t13-,18+/m0/s1. The molecule has 2 saturated heterocycles. The van der Waals surface area contributed by atoms with E-state index >= 15 is 0 Å². The number of amides is 1. The molecule has 7 nitrogen and oxygen atoms in total. The largest absolute Gasteiger partial charge is 0.361 e. The maximum Gasteiger partial charge on any atom is 0.276 e. The number of carbonyl (C=O) groups is 1. The number of benzene rings is 1. The third-order valence-corrected chi connectivity index (χ3v) is 8.29. The lowest BCUT2D eigenvalue weighted by Gasteiger charge is -2.27. The minimum atomic E-state index is -3.58. The Morgan fingerprint density at radius 3 is 2.69 bits per heavy atom. The molecule has 0 bridgehead atoms. The van der Waals surface area contributed by atoms with Crippen LogP contribution in [0.5, 0.6) is 0 Å². The molecule has 4 rings (SSSR count). The molecule has 0 radical (unpaired) electrons. The van der Waals surface area contributed by atoms with Crippen LogP contribution in [0.15, 0.2) is 40.9 Å². The number of rotatable bonds is 2. The molecule has 8 heteroatoms. The Bertz CT molecular complexity index is 940. The van der Waals surface area contributed by atoms with Gasteiger partial charge in [-0.25, -0.2) is 8.42 Å². The molecule has 1 aromatic heterocycles.